The summed E-state index contributed by atoms with van der Waals surface area (Å²) in [4.78, 5) is 16.3. The third-order valence-electron chi connectivity index (χ3n) is 4.13. The monoisotopic (exact) mass is 363 g/mol. The van der Waals surface area contributed by atoms with Crippen molar-refractivity contribution in [2.75, 3.05) is 0 Å². The predicted octanol–water partition coefficient (Wildman–Crippen LogP) is 4.72. The highest BCUT2D eigenvalue weighted by Gasteiger charge is 2.16. The highest BCUT2D eigenvalue weighted by molar-refractivity contribution is 6.30. The van der Waals surface area contributed by atoms with Crippen LogP contribution >= 0.6 is 11.6 Å². The first-order valence-corrected chi connectivity index (χ1v) is 8.36. The average molecular weight is 364 g/mol. The number of rotatable bonds is 3. The molecule has 0 unspecified atom stereocenters. The highest BCUT2D eigenvalue weighted by Crippen LogP contribution is 2.25. The zero-order valence-electron chi connectivity index (χ0n) is 13.8. The van der Waals surface area contributed by atoms with Crippen LogP contribution in [-0.4, -0.2) is 25.7 Å². The lowest BCUT2D eigenvalue weighted by Gasteiger charge is -2.05. The Kier molecular flexibility index (Phi) is 3.93. The van der Waals surface area contributed by atoms with Crippen LogP contribution in [0, 0.1) is 6.92 Å². The lowest BCUT2D eigenvalue weighted by atomic mass is 10.1. The van der Waals surface area contributed by atoms with E-state index in [2.05, 4.69) is 10.1 Å². The second kappa shape index (κ2) is 6.28. The van der Waals surface area contributed by atoms with Crippen molar-refractivity contribution in [1.29, 1.82) is 0 Å². The van der Waals surface area contributed by atoms with Gasteiger partial charge in [-0.3, -0.25) is 0 Å². The van der Waals surface area contributed by atoms with Crippen LogP contribution in [0.3, 0.4) is 0 Å². The van der Waals surface area contributed by atoms with E-state index in [9.17, 15) is 9.90 Å². The van der Waals surface area contributed by atoms with E-state index in [1.807, 2.05) is 43.3 Å². The van der Waals surface area contributed by atoms with Gasteiger partial charge in [-0.15, -0.1) is 0 Å². The van der Waals surface area contributed by atoms with Gasteiger partial charge in [-0.25, -0.2) is 14.3 Å². The Morgan fingerprint density at radius 1 is 0.962 bits per heavy atom. The number of carbonyl (C=O) groups is 1. The molecular formula is C20H14ClN3O2. The van der Waals surface area contributed by atoms with E-state index >= 15 is 0 Å². The average Bonchev–Trinajstić information content (AvgIpc) is 3.06. The number of carboxylic acid groups (broad SMARTS) is 1. The van der Waals surface area contributed by atoms with Gasteiger partial charge in [0.1, 0.15) is 0 Å². The van der Waals surface area contributed by atoms with Gasteiger partial charge >= 0.3 is 5.97 Å². The van der Waals surface area contributed by atoms with E-state index in [4.69, 9.17) is 11.6 Å². The number of aryl methyl sites for hydroxylation is 1. The van der Waals surface area contributed by atoms with Gasteiger partial charge in [-0.2, -0.15) is 5.10 Å². The number of aromatic carboxylic acids is 1. The molecule has 0 atom stereocenters. The molecule has 5 nitrogen and oxygen atoms in total. The van der Waals surface area contributed by atoms with E-state index in [0.717, 1.165) is 16.7 Å². The maximum absolute atomic E-state index is 11.7. The van der Waals surface area contributed by atoms with Gasteiger partial charge in [-0.05, 0) is 25.1 Å². The van der Waals surface area contributed by atoms with Crippen molar-refractivity contribution in [2.45, 2.75) is 6.92 Å². The number of carboxylic acids is 1. The van der Waals surface area contributed by atoms with Gasteiger partial charge < -0.3 is 5.11 Å². The number of hydrogen-bond donors (Lipinski definition) is 1. The lowest BCUT2D eigenvalue weighted by Crippen LogP contribution is -2.08. The normalized spacial score (nSPS) is 11.0. The minimum Gasteiger partial charge on any atom is -0.477 e. The van der Waals surface area contributed by atoms with Crippen LogP contribution in [0.25, 0.3) is 28.2 Å². The summed E-state index contributed by atoms with van der Waals surface area (Å²) in [6.07, 6.45) is 0. The quantitative estimate of drug-likeness (QED) is 0.571. The zero-order valence-corrected chi connectivity index (χ0v) is 14.6. The fourth-order valence-electron chi connectivity index (χ4n) is 2.76. The summed E-state index contributed by atoms with van der Waals surface area (Å²) >= 11 is 5.93. The van der Waals surface area contributed by atoms with Crippen molar-refractivity contribution in [1.82, 2.24) is 14.6 Å². The van der Waals surface area contributed by atoms with E-state index in [1.165, 1.54) is 4.52 Å². The molecular weight excluding hydrogens is 350 g/mol. The minimum absolute atomic E-state index is 0.0609. The number of benzene rings is 2. The number of hydrogen-bond acceptors (Lipinski definition) is 3. The molecule has 0 spiro atoms. The molecule has 6 heteroatoms. The Morgan fingerprint density at radius 2 is 1.58 bits per heavy atom. The second-order valence-corrected chi connectivity index (χ2v) is 6.44. The van der Waals surface area contributed by atoms with Crippen molar-refractivity contribution >= 4 is 23.2 Å². The number of aromatic nitrogens is 3. The SMILES string of the molecule is Cc1ccc(-c2cc(C(=O)O)n3nc(-c4ccc(Cl)cc4)cc3n2)cc1. The first kappa shape index (κ1) is 16.3. The molecule has 1 N–H and O–H groups in total. The molecule has 0 saturated heterocycles. The standard InChI is InChI=1S/C20H14ClN3O2/c1-12-2-4-13(5-3-12)16-10-18(20(25)26)24-19(22-16)11-17(23-24)14-6-8-15(21)9-7-14/h2-11H,1H3,(H,25,26). The van der Waals surface area contributed by atoms with Crippen LogP contribution in [0.2, 0.25) is 5.02 Å². The fraction of sp³-hybridized carbons (Fsp3) is 0.0500. The van der Waals surface area contributed by atoms with Crippen LogP contribution in [0.1, 0.15) is 16.1 Å². The summed E-state index contributed by atoms with van der Waals surface area (Å²) in [6, 6.07) is 18.3. The molecule has 0 amide bonds. The van der Waals surface area contributed by atoms with Crippen LogP contribution in [0.4, 0.5) is 0 Å². The highest BCUT2D eigenvalue weighted by atomic mass is 35.5. The zero-order chi connectivity index (χ0) is 18.3. The molecule has 2 heterocycles. The molecule has 4 aromatic rings. The molecule has 128 valence electrons. The largest absolute Gasteiger partial charge is 0.477 e. The van der Waals surface area contributed by atoms with Crippen molar-refractivity contribution in [3.05, 3.63) is 76.9 Å². The first-order chi connectivity index (χ1) is 12.5. The lowest BCUT2D eigenvalue weighted by molar-refractivity contribution is 0.0687. The molecule has 2 aromatic carbocycles. The number of halogens is 1. The summed E-state index contributed by atoms with van der Waals surface area (Å²) in [5.74, 6) is -1.06. The summed E-state index contributed by atoms with van der Waals surface area (Å²) in [5.41, 5.74) is 4.59. The molecule has 0 fully saturated rings. The van der Waals surface area contributed by atoms with Gasteiger partial charge in [0.05, 0.1) is 11.4 Å². The molecule has 4 rings (SSSR count). The smallest absolute Gasteiger partial charge is 0.354 e. The van der Waals surface area contributed by atoms with Crippen molar-refractivity contribution in [3.63, 3.8) is 0 Å². The van der Waals surface area contributed by atoms with Crippen molar-refractivity contribution in [2.24, 2.45) is 0 Å². The minimum atomic E-state index is -1.06. The van der Waals surface area contributed by atoms with Gasteiger partial charge in [-0.1, -0.05) is 53.6 Å². The Labute approximate surface area is 154 Å². The Morgan fingerprint density at radius 3 is 2.23 bits per heavy atom. The maximum atomic E-state index is 11.7. The molecule has 0 aliphatic carbocycles. The molecule has 2 aromatic heterocycles. The Balaban J connectivity index is 1.90. The number of fused-ring (bicyclic) bond motifs is 1. The Hall–Kier alpha value is -3.18. The molecule has 0 bridgehead atoms. The third kappa shape index (κ3) is 2.93. The molecule has 0 radical (unpaired) electrons. The van der Waals surface area contributed by atoms with Crippen LogP contribution in [0.15, 0.2) is 60.7 Å². The molecule has 26 heavy (non-hydrogen) atoms. The van der Waals surface area contributed by atoms with Crippen molar-refractivity contribution in [3.8, 4) is 22.5 Å². The fourth-order valence-corrected chi connectivity index (χ4v) is 2.89. The molecule has 0 aliphatic heterocycles. The van der Waals surface area contributed by atoms with Crippen LogP contribution < -0.4 is 0 Å². The summed E-state index contributed by atoms with van der Waals surface area (Å²) in [7, 11) is 0. The predicted molar refractivity (Wildman–Crippen MR) is 101 cm³/mol. The summed E-state index contributed by atoms with van der Waals surface area (Å²) < 4.78 is 1.35. The summed E-state index contributed by atoms with van der Waals surface area (Å²) in [6.45, 7) is 2.00. The van der Waals surface area contributed by atoms with E-state index in [1.54, 1.807) is 24.3 Å². The third-order valence-corrected chi connectivity index (χ3v) is 4.39. The molecule has 0 aliphatic rings. The maximum Gasteiger partial charge on any atom is 0.354 e. The van der Waals surface area contributed by atoms with E-state index in [-0.39, 0.29) is 5.69 Å². The molecule has 0 saturated carbocycles. The van der Waals surface area contributed by atoms with Crippen LogP contribution in [0.5, 0.6) is 0 Å². The Bertz CT molecular complexity index is 1120. The summed E-state index contributed by atoms with van der Waals surface area (Å²) in [5, 5.41) is 14.6. The first-order valence-electron chi connectivity index (χ1n) is 7.98. The van der Waals surface area contributed by atoms with Gasteiger partial charge in [0.2, 0.25) is 0 Å². The van der Waals surface area contributed by atoms with Crippen molar-refractivity contribution < 1.29 is 9.90 Å². The van der Waals surface area contributed by atoms with E-state index in [0.29, 0.717) is 22.1 Å². The van der Waals surface area contributed by atoms with Gasteiger partial charge in [0, 0.05) is 22.2 Å². The second-order valence-electron chi connectivity index (χ2n) is 6.00. The van der Waals surface area contributed by atoms with E-state index < -0.39 is 5.97 Å². The van der Waals surface area contributed by atoms with Gasteiger partial charge in [0.15, 0.2) is 11.3 Å². The van der Waals surface area contributed by atoms with Gasteiger partial charge in [0.25, 0.3) is 0 Å². The number of nitrogens with zero attached hydrogens (tertiary/aromatic N) is 3. The van der Waals surface area contributed by atoms with Crippen LogP contribution in [-0.2, 0) is 0 Å². The topological polar surface area (TPSA) is 67.5 Å².